The van der Waals surface area contributed by atoms with E-state index in [1.807, 2.05) is 18.2 Å². The number of hydrogen-bond acceptors (Lipinski definition) is 12. The number of halogens is 2. The Morgan fingerprint density at radius 3 is 2.66 bits per heavy atom. The SMILES string of the molecule is CN(CCCOCCCc1cccc2c1n(C)c(=O)n2[C@@H]1CCC(=O)NC1=O)CN1CCC(n2cc(NC(=O)c3coc(-c4ccnc(NCC5CC5)c4)n3)c(C(F)F)n2)CC1. The Bertz CT molecular complexity index is 2450. The number of anilines is 2. The summed E-state index contributed by atoms with van der Waals surface area (Å²) in [6.07, 6.45) is 8.10. The van der Waals surface area contributed by atoms with Gasteiger partial charge in [-0.25, -0.2) is 23.5 Å². The van der Waals surface area contributed by atoms with Crippen molar-refractivity contribution in [3.05, 3.63) is 76.4 Å². The highest BCUT2D eigenvalue weighted by molar-refractivity contribution is 6.03. The highest BCUT2D eigenvalue weighted by Gasteiger charge is 2.32. The molecule has 3 amide bonds. The van der Waals surface area contributed by atoms with Crippen LogP contribution in [0.15, 0.2) is 58.2 Å². The molecule has 330 valence electrons. The Morgan fingerprint density at radius 1 is 1.08 bits per heavy atom. The smallest absolute Gasteiger partial charge is 0.329 e. The molecule has 0 bridgehead atoms. The third kappa shape index (κ3) is 9.95. The molecule has 1 atom stereocenters. The largest absolute Gasteiger partial charge is 0.444 e. The molecule has 1 aliphatic carbocycles. The molecule has 5 aromatic rings. The standard InChI is InChI=1S/C43H53F2N11O6/c1-52(17-5-21-61-20-4-7-28-6-3-8-33-38(28)53(2)43(60)56(33)34-11-12-36(57)50-41(34)59)26-54-18-14-30(15-19-54)55-24-31(37(51-55)39(44)45)48-40(58)32-25-62-42(49-32)29-13-16-46-35(22-29)47-23-27-9-10-27/h3,6,8,13,16,22,24-25,27,30,34,39H,4-5,7,9-12,14-15,17-21,23,26H2,1-2H3,(H,46,47)(H,48,58)(H,50,57,59)/t34-/m1/s1. The van der Waals surface area contributed by atoms with Crippen LogP contribution >= 0.6 is 0 Å². The van der Waals surface area contributed by atoms with E-state index >= 15 is 0 Å². The molecule has 3 N–H and O–H groups in total. The van der Waals surface area contributed by atoms with Crippen molar-refractivity contribution in [1.82, 2.24) is 44.0 Å². The molecule has 0 spiro atoms. The summed E-state index contributed by atoms with van der Waals surface area (Å²) in [5.41, 5.74) is 2.24. The van der Waals surface area contributed by atoms with E-state index in [0.717, 1.165) is 56.8 Å². The number of nitrogens with zero attached hydrogens (tertiary/aromatic N) is 8. The number of ether oxygens (including phenoxy) is 1. The van der Waals surface area contributed by atoms with Crippen LogP contribution in [-0.2, 0) is 27.8 Å². The number of amides is 3. The number of likely N-dealkylation sites (tertiary alicyclic amines) is 1. The number of carbonyl (C=O) groups is 3. The van der Waals surface area contributed by atoms with Crippen LogP contribution in [0, 0.1) is 5.92 Å². The predicted molar refractivity (Wildman–Crippen MR) is 226 cm³/mol. The Kier molecular flexibility index (Phi) is 13.2. The van der Waals surface area contributed by atoms with E-state index in [4.69, 9.17) is 9.15 Å². The van der Waals surface area contributed by atoms with Crippen molar-refractivity contribution >= 4 is 40.3 Å². The number of aryl methyl sites for hydroxylation is 2. The number of hydrogen-bond donors (Lipinski definition) is 3. The van der Waals surface area contributed by atoms with Crippen LogP contribution in [0.2, 0.25) is 0 Å². The van der Waals surface area contributed by atoms with E-state index in [1.165, 1.54) is 29.9 Å². The first kappa shape index (κ1) is 42.9. The Hall–Kier alpha value is -5.79. The van der Waals surface area contributed by atoms with Crippen molar-refractivity contribution < 1.29 is 32.3 Å². The topological polar surface area (TPSA) is 187 Å². The van der Waals surface area contributed by atoms with Crippen LogP contribution in [0.1, 0.15) is 91.6 Å². The van der Waals surface area contributed by atoms with Gasteiger partial charge in [0.1, 0.15) is 18.1 Å². The van der Waals surface area contributed by atoms with Crippen molar-refractivity contribution in [2.24, 2.45) is 13.0 Å². The van der Waals surface area contributed by atoms with E-state index in [-0.39, 0.29) is 41.3 Å². The number of benzene rings is 1. The van der Waals surface area contributed by atoms with Crippen LogP contribution < -0.4 is 21.6 Å². The number of fused-ring (bicyclic) bond motifs is 1. The molecule has 3 fully saturated rings. The highest BCUT2D eigenvalue weighted by atomic mass is 19.3. The minimum absolute atomic E-state index is 0.0391. The van der Waals surface area contributed by atoms with Crippen LogP contribution in [0.3, 0.4) is 0 Å². The number of alkyl halides is 2. The van der Waals surface area contributed by atoms with Gasteiger partial charge in [-0.1, -0.05) is 12.1 Å². The van der Waals surface area contributed by atoms with E-state index in [9.17, 15) is 28.0 Å². The maximum Gasteiger partial charge on any atom is 0.329 e. The Balaban J connectivity index is 0.752. The van der Waals surface area contributed by atoms with E-state index in [1.54, 1.807) is 34.6 Å². The molecule has 8 rings (SSSR count). The normalized spacial score (nSPS) is 17.7. The summed E-state index contributed by atoms with van der Waals surface area (Å²) >= 11 is 0. The monoisotopic (exact) mass is 857 g/mol. The molecule has 2 saturated heterocycles. The fourth-order valence-corrected chi connectivity index (χ4v) is 8.37. The third-order valence-corrected chi connectivity index (χ3v) is 11.9. The number of imide groups is 1. The molecule has 0 unspecified atom stereocenters. The van der Waals surface area contributed by atoms with Crippen LogP contribution in [-0.4, -0.2) is 110 Å². The number of oxazole rings is 1. The lowest BCUT2D eigenvalue weighted by molar-refractivity contribution is -0.135. The molecular weight excluding hydrogens is 805 g/mol. The van der Waals surface area contributed by atoms with Gasteiger partial charge < -0.3 is 19.8 Å². The van der Waals surface area contributed by atoms with Crippen LogP contribution in [0.25, 0.3) is 22.5 Å². The first-order valence-corrected chi connectivity index (χ1v) is 21.4. The van der Waals surface area contributed by atoms with Crippen LogP contribution in [0.5, 0.6) is 0 Å². The number of imidazole rings is 1. The number of nitrogens with one attached hydrogen (secondary N) is 3. The van der Waals surface area contributed by atoms with Gasteiger partial charge in [0, 0.05) is 70.8 Å². The van der Waals surface area contributed by atoms with E-state index in [2.05, 4.69) is 47.9 Å². The molecule has 2 aliphatic heterocycles. The summed E-state index contributed by atoms with van der Waals surface area (Å²) in [6.45, 7) is 5.13. The zero-order valence-corrected chi connectivity index (χ0v) is 35.0. The summed E-state index contributed by atoms with van der Waals surface area (Å²) < 4.78 is 44.4. The zero-order valence-electron chi connectivity index (χ0n) is 35.0. The van der Waals surface area contributed by atoms with Gasteiger partial charge in [0.15, 0.2) is 11.4 Å². The summed E-state index contributed by atoms with van der Waals surface area (Å²) in [7, 11) is 3.77. The first-order valence-electron chi connectivity index (χ1n) is 21.4. The average Bonchev–Trinajstić information content (AvgIpc) is 3.66. The summed E-state index contributed by atoms with van der Waals surface area (Å²) in [5.74, 6) is 0.132. The minimum atomic E-state index is -2.88. The molecule has 62 heavy (non-hydrogen) atoms. The number of para-hydroxylation sites is 1. The zero-order chi connectivity index (χ0) is 43.3. The molecular formula is C43H53F2N11O6. The fraction of sp³-hybridized carbons (Fsp3) is 0.512. The number of pyridine rings is 1. The maximum absolute atomic E-state index is 14.1. The first-order chi connectivity index (χ1) is 30.0. The van der Waals surface area contributed by atoms with Crippen molar-refractivity contribution in [2.45, 2.75) is 76.3 Å². The predicted octanol–water partition coefficient (Wildman–Crippen LogP) is 5.14. The summed E-state index contributed by atoms with van der Waals surface area (Å²) in [6, 6.07) is 8.43. The molecule has 17 nitrogen and oxygen atoms in total. The summed E-state index contributed by atoms with van der Waals surface area (Å²) in [5, 5.41) is 12.4. The molecule has 1 aromatic carbocycles. The second-order valence-electron chi connectivity index (χ2n) is 16.6. The van der Waals surface area contributed by atoms with Gasteiger partial charge in [-0.2, -0.15) is 5.10 Å². The lowest BCUT2D eigenvalue weighted by Crippen LogP contribution is -2.44. The van der Waals surface area contributed by atoms with Crippen molar-refractivity contribution in [1.29, 1.82) is 0 Å². The van der Waals surface area contributed by atoms with Crippen LogP contribution in [0.4, 0.5) is 20.3 Å². The van der Waals surface area contributed by atoms with Gasteiger partial charge >= 0.3 is 5.69 Å². The van der Waals surface area contributed by atoms with Gasteiger partial charge in [0.25, 0.3) is 12.3 Å². The van der Waals surface area contributed by atoms with Gasteiger partial charge in [-0.15, -0.1) is 0 Å². The lowest BCUT2D eigenvalue weighted by atomic mass is 10.0. The maximum atomic E-state index is 14.1. The van der Waals surface area contributed by atoms with E-state index in [0.29, 0.717) is 61.7 Å². The van der Waals surface area contributed by atoms with Gasteiger partial charge in [0.05, 0.1) is 29.4 Å². The summed E-state index contributed by atoms with van der Waals surface area (Å²) in [4.78, 5) is 63.8. The fourth-order valence-electron chi connectivity index (χ4n) is 8.37. The van der Waals surface area contributed by atoms with Crippen molar-refractivity contribution in [3.8, 4) is 11.5 Å². The Labute approximate surface area is 356 Å². The molecule has 4 aromatic heterocycles. The van der Waals surface area contributed by atoms with E-state index < -0.39 is 30.0 Å². The molecule has 6 heterocycles. The number of piperidine rings is 2. The van der Waals surface area contributed by atoms with Crippen molar-refractivity contribution in [2.75, 3.05) is 63.7 Å². The number of aromatic nitrogens is 6. The lowest BCUT2D eigenvalue weighted by Gasteiger charge is -2.34. The Morgan fingerprint density at radius 2 is 1.89 bits per heavy atom. The minimum Gasteiger partial charge on any atom is -0.444 e. The molecule has 3 aliphatic rings. The number of rotatable bonds is 19. The second kappa shape index (κ2) is 19.1. The van der Waals surface area contributed by atoms with Gasteiger partial charge in [-0.05, 0) is 88.1 Å². The molecule has 1 saturated carbocycles. The molecule has 0 radical (unpaired) electrons. The third-order valence-electron chi connectivity index (χ3n) is 11.9. The van der Waals surface area contributed by atoms with Gasteiger partial charge in [0.2, 0.25) is 17.7 Å². The molecule has 19 heteroatoms. The average molecular weight is 858 g/mol. The quantitative estimate of drug-likeness (QED) is 0.0735. The second-order valence-corrected chi connectivity index (χ2v) is 16.6. The number of carbonyl (C=O) groups excluding carboxylic acids is 3. The van der Waals surface area contributed by atoms with Crippen molar-refractivity contribution in [3.63, 3.8) is 0 Å². The van der Waals surface area contributed by atoms with Gasteiger partial charge in [-0.3, -0.25) is 43.3 Å². The highest BCUT2D eigenvalue weighted by Crippen LogP contribution is 2.32.